The number of morpholine rings is 1. The minimum atomic E-state index is -4.70. The van der Waals surface area contributed by atoms with Gasteiger partial charge in [0.15, 0.2) is 0 Å². The molecule has 1 aliphatic rings. The Hall–Kier alpha value is -1.35. The zero-order valence-corrected chi connectivity index (χ0v) is 13.6. The van der Waals surface area contributed by atoms with E-state index in [-0.39, 0.29) is 5.75 Å². The molecule has 2 N–H and O–H groups in total. The van der Waals surface area contributed by atoms with Crippen molar-refractivity contribution in [3.63, 3.8) is 0 Å². The number of benzene rings is 1. The van der Waals surface area contributed by atoms with E-state index in [4.69, 9.17) is 4.74 Å². The lowest BCUT2D eigenvalue weighted by molar-refractivity contribution is -0.274. The van der Waals surface area contributed by atoms with Gasteiger partial charge in [-0.1, -0.05) is 12.1 Å². The molecule has 1 heterocycles. The Labute approximate surface area is 139 Å². The summed E-state index contributed by atoms with van der Waals surface area (Å²) < 4.78 is 45.8. The van der Waals surface area contributed by atoms with Gasteiger partial charge < -0.3 is 19.9 Å². The molecular weight excluding hydrogens is 325 g/mol. The number of rotatable bonds is 7. The number of β-amino-alcohol motifs (C(OH)–C–C–N with tert-alkyl or cyclic N) is 1. The highest BCUT2D eigenvalue weighted by Gasteiger charge is 2.31. The third-order valence-corrected chi connectivity index (χ3v) is 3.63. The highest BCUT2D eigenvalue weighted by molar-refractivity contribution is 5.28. The molecule has 136 valence electrons. The molecule has 1 fully saturated rings. The lowest BCUT2D eigenvalue weighted by atomic mass is 10.1. The van der Waals surface area contributed by atoms with E-state index in [2.05, 4.69) is 15.0 Å². The molecule has 5 nitrogen and oxygen atoms in total. The minimum Gasteiger partial charge on any atom is -0.406 e. The van der Waals surface area contributed by atoms with Gasteiger partial charge >= 0.3 is 6.36 Å². The average molecular weight is 348 g/mol. The van der Waals surface area contributed by atoms with Gasteiger partial charge in [0.25, 0.3) is 0 Å². The molecule has 0 spiro atoms. The first kappa shape index (κ1) is 19.0. The summed E-state index contributed by atoms with van der Waals surface area (Å²) in [5.41, 5.74) is -0.281. The Bertz CT molecular complexity index is 518. The summed E-state index contributed by atoms with van der Waals surface area (Å²) in [5.74, 6) is -0.248. The summed E-state index contributed by atoms with van der Waals surface area (Å²) in [4.78, 5) is 2.13. The second kappa shape index (κ2) is 8.15. The summed E-state index contributed by atoms with van der Waals surface area (Å²) in [6.07, 6.45) is -4.70. The van der Waals surface area contributed by atoms with E-state index in [0.717, 1.165) is 13.1 Å². The van der Waals surface area contributed by atoms with Crippen molar-refractivity contribution in [1.82, 2.24) is 10.2 Å². The van der Waals surface area contributed by atoms with Gasteiger partial charge in [0.05, 0.1) is 18.8 Å². The third-order valence-electron chi connectivity index (χ3n) is 3.63. The third kappa shape index (κ3) is 7.04. The molecular formula is C16H23F3N2O3. The Morgan fingerprint density at radius 1 is 1.29 bits per heavy atom. The van der Waals surface area contributed by atoms with Gasteiger partial charge in [0.2, 0.25) is 0 Å². The second-order valence-corrected chi connectivity index (χ2v) is 6.18. The molecule has 1 aliphatic heterocycles. The lowest BCUT2D eigenvalue weighted by Crippen LogP contribution is -2.50. The van der Waals surface area contributed by atoms with Crippen LogP contribution >= 0.6 is 0 Å². The van der Waals surface area contributed by atoms with Gasteiger partial charge in [-0.05, 0) is 24.6 Å². The fourth-order valence-corrected chi connectivity index (χ4v) is 2.63. The zero-order chi connectivity index (χ0) is 17.6. The summed E-state index contributed by atoms with van der Waals surface area (Å²) in [5, 5.41) is 13.5. The number of hydrogen-bond acceptors (Lipinski definition) is 5. The molecule has 1 saturated heterocycles. The molecule has 0 saturated carbocycles. The van der Waals surface area contributed by atoms with Crippen molar-refractivity contribution < 1.29 is 27.8 Å². The Kier molecular flexibility index (Phi) is 6.45. The van der Waals surface area contributed by atoms with Crippen LogP contribution in [0.25, 0.3) is 0 Å². The first-order chi connectivity index (χ1) is 11.2. The minimum absolute atomic E-state index is 0.248. The highest BCUT2D eigenvalue weighted by Crippen LogP contribution is 2.23. The van der Waals surface area contributed by atoms with E-state index >= 15 is 0 Å². The summed E-state index contributed by atoms with van der Waals surface area (Å²) in [7, 11) is 0. The van der Waals surface area contributed by atoms with Gasteiger partial charge in [-0.2, -0.15) is 0 Å². The van der Waals surface area contributed by atoms with Crippen molar-refractivity contribution in [2.75, 3.05) is 39.4 Å². The molecule has 0 aromatic heterocycles. The van der Waals surface area contributed by atoms with E-state index in [1.807, 2.05) is 0 Å². The van der Waals surface area contributed by atoms with Crippen LogP contribution in [0.15, 0.2) is 24.3 Å². The molecule has 0 radical (unpaired) electrons. The molecule has 0 amide bonds. The maximum absolute atomic E-state index is 12.2. The predicted molar refractivity (Wildman–Crippen MR) is 82.7 cm³/mol. The van der Waals surface area contributed by atoms with E-state index in [1.54, 1.807) is 13.0 Å². The number of hydrogen-bond donors (Lipinski definition) is 2. The lowest BCUT2D eigenvalue weighted by Gasteiger charge is -2.34. The van der Waals surface area contributed by atoms with Crippen LogP contribution in [0.2, 0.25) is 0 Å². The Morgan fingerprint density at radius 2 is 2.00 bits per heavy atom. The summed E-state index contributed by atoms with van der Waals surface area (Å²) in [6.45, 7) is 5.81. The van der Waals surface area contributed by atoms with Gasteiger partial charge in [0, 0.05) is 32.7 Å². The van der Waals surface area contributed by atoms with E-state index in [0.29, 0.717) is 38.4 Å². The number of ether oxygens (including phenoxy) is 2. The molecule has 8 heteroatoms. The van der Waals surface area contributed by atoms with Gasteiger partial charge in [-0.3, -0.25) is 4.90 Å². The van der Waals surface area contributed by atoms with Crippen LogP contribution in [0.4, 0.5) is 13.2 Å². The van der Waals surface area contributed by atoms with Crippen LogP contribution in [0, 0.1) is 0 Å². The van der Waals surface area contributed by atoms with Crippen molar-refractivity contribution in [1.29, 1.82) is 0 Å². The summed E-state index contributed by atoms with van der Waals surface area (Å²) in [6, 6.07) is 5.79. The van der Waals surface area contributed by atoms with Crippen molar-refractivity contribution in [2.45, 2.75) is 25.4 Å². The van der Waals surface area contributed by atoms with Crippen molar-refractivity contribution in [3.05, 3.63) is 29.8 Å². The summed E-state index contributed by atoms with van der Waals surface area (Å²) >= 11 is 0. The monoisotopic (exact) mass is 348 g/mol. The fourth-order valence-electron chi connectivity index (χ4n) is 2.63. The van der Waals surface area contributed by atoms with Crippen LogP contribution in [0.5, 0.6) is 5.75 Å². The average Bonchev–Trinajstić information content (AvgIpc) is 2.46. The number of alkyl halides is 3. The number of nitrogens with zero attached hydrogens (tertiary/aromatic N) is 1. The number of halogens is 3. The Morgan fingerprint density at radius 3 is 2.67 bits per heavy atom. The fraction of sp³-hybridized carbons (Fsp3) is 0.625. The van der Waals surface area contributed by atoms with Crippen molar-refractivity contribution in [3.8, 4) is 5.75 Å². The highest BCUT2D eigenvalue weighted by atomic mass is 19.4. The topological polar surface area (TPSA) is 54.0 Å². The largest absolute Gasteiger partial charge is 0.573 e. The van der Waals surface area contributed by atoms with E-state index < -0.39 is 12.0 Å². The molecule has 1 aromatic carbocycles. The van der Waals surface area contributed by atoms with Crippen LogP contribution in [-0.2, 0) is 11.3 Å². The molecule has 24 heavy (non-hydrogen) atoms. The normalized spacial score (nSPS) is 19.0. The molecule has 0 bridgehead atoms. The van der Waals surface area contributed by atoms with E-state index in [9.17, 15) is 18.3 Å². The number of nitrogens with one attached hydrogen (secondary N) is 1. The van der Waals surface area contributed by atoms with Gasteiger partial charge in [-0.15, -0.1) is 13.2 Å². The molecule has 0 aliphatic carbocycles. The maximum Gasteiger partial charge on any atom is 0.573 e. The predicted octanol–water partition coefficient (Wildman–Crippen LogP) is 1.76. The van der Waals surface area contributed by atoms with Crippen LogP contribution in [0.1, 0.15) is 12.5 Å². The van der Waals surface area contributed by atoms with Crippen molar-refractivity contribution >= 4 is 0 Å². The standard InChI is InChI=1S/C16H23F3N2O3/c1-15(22,12-21-5-7-23-8-6-21)11-20-10-13-3-2-4-14(9-13)24-16(17,18)19/h2-4,9,20,22H,5-8,10-12H2,1H3. The quantitative estimate of drug-likeness (QED) is 0.786. The molecule has 1 unspecified atom stereocenters. The van der Waals surface area contributed by atoms with Gasteiger partial charge in [0.1, 0.15) is 5.75 Å². The van der Waals surface area contributed by atoms with Crippen LogP contribution in [-0.4, -0.2) is 61.4 Å². The van der Waals surface area contributed by atoms with E-state index in [1.165, 1.54) is 18.2 Å². The first-order valence-electron chi connectivity index (χ1n) is 7.81. The maximum atomic E-state index is 12.2. The molecule has 1 atom stereocenters. The first-order valence-corrected chi connectivity index (χ1v) is 7.81. The smallest absolute Gasteiger partial charge is 0.406 e. The van der Waals surface area contributed by atoms with Crippen LogP contribution < -0.4 is 10.1 Å². The van der Waals surface area contributed by atoms with Crippen LogP contribution in [0.3, 0.4) is 0 Å². The van der Waals surface area contributed by atoms with Gasteiger partial charge in [-0.25, -0.2) is 0 Å². The SMILES string of the molecule is CC(O)(CNCc1cccc(OC(F)(F)F)c1)CN1CCOCC1. The zero-order valence-electron chi connectivity index (χ0n) is 13.6. The van der Waals surface area contributed by atoms with Crippen molar-refractivity contribution in [2.24, 2.45) is 0 Å². The molecule has 1 aromatic rings. The molecule has 2 rings (SSSR count). The number of aliphatic hydroxyl groups is 1. The second-order valence-electron chi connectivity index (χ2n) is 6.18. The Balaban J connectivity index is 1.79.